The quantitative estimate of drug-likeness (QED) is 0.646. The summed E-state index contributed by atoms with van der Waals surface area (Å²) >= 11 is 0. The maximum absolute atomic E-state index is 11.8. The van der Waals surface area contributed by atoms with Crippen LogP contribution in [-0.2, 0) is 14.9 Å². The third-order valence-electron chi connectivity index (χ3n) is 3.62. The smallest absolute Gasteiger partial charge is 0.360 e. The van der Waals surface area contributed by atoms with Crippen molar-refractivity contribution in [3.8, 4) is 11.5 Å². The van der Waals surface area contributed by atoms with Gasteiger partial charge in [-0.05, 0) is 30.5 Å². The van der Waals surface area contributed by atoms with Gasteiger partial charge >= 0.3 is 11.9 Å². The zero-order valence-electron chi connectivity index (χ0n) is 10.5. The molecule has 1 aliphatic carbocycles. The maximum Gasteiger partial charge on any atom is 0.360 e. The van der Waals surface area contributed by atoms with Crippen LogP contribution < -0.4 is 9.47 Å². The van der Waals surface area contributed by atoms with E-state index in [9.17, 15) is 9.90 Å². The molecule has 1 unspecified atom stereocenters. The molecule has 1 fully saturated rings. The molecule has 1 aromatic rings. The van der Waals surface area contributed by atoms with E-state index in [0.29, 0.717) is 11.5 Å². The first kappa shape index (κ1) is 12.4. The van der Waals surface area contributed by atoms with Crippen molar-refractivity contribution in [2.24, 2.45) is 0 Å². The minimum absolute atomic E-state index is 0.181. The largest absolute Gasteiger partial charge is 0.468 e. The fourth-order valence-corrected chi connectivity index (χ4v) is 2.35. The Hall–Kier alpha value is -1.69. The van der Waals surface area contributed by atoms with E-state index in [1.165, 1.54) is 7.11 Å². The summed E-state index contributed by atoms with van der Waals surface area (Å²) in [5, 5.41) is 9.82. The lowest BCUT2D eigenvalue weighted by atomic mass is 9.96. The predicted octanol–water partition coefficient (Wildman–Crippen LogP) is 0.895. The summed E-state index contributed by atoms with van der Waals surface area (Å²) in [6.45, 7) is 0. The van der Waals surface area contributed by atoms with Crippen molar-refractivity contribution in [2.75, 3.05) is 7.11 Å². The molecule has 0 amide bonds. The Balaban J connectivity index is 1.93. The van der Waals surface area contributed by atoms with Gasteiger partial charge < -0.3 is 19.3 Å². The van der Waals surface area contributed by atoms with Gasteiger partial charge in [0.2, 0.25) is 0 Å². The molecule has 1 saturated carbocycles. The molecule has 1 N–H and O–H groups in total. The van der Waals surface area contributed by atoms with Crippen molar-refractivity contribution in [3.63, 3.8) is 0 Å². The van der Waals surface area contributed by atoms with Crippen LogP contribution in [0.2, 0.25) is 6.32 Å². The van der Waals surface area contributed by atoms with Crippen molar-refractivity contribution in [2.45, 2.75) is 30.5 Å². The molecule has 5 nitrogen and oxygen atoms in total. The second-order valence-electron chi connectivity index (χ2n) is 4.86. The number of esters is 1. The molecule has 2 aliphatic rings. The summed E-state index contributed by atoms with van der Waals surface area (Å²) in [6.07, 6.45) is 1.32. The molecule has 0 spiro atoms. The molecule has 6 heteroatoms. The Morgan fingerprint density at radius 1 is 1.42 bits per heavy atom. The summed E-state index contributed by atoms with van der Waals surface area (Å²) in [5.41, 5.74) is 0.235. The highest BCUT2D eigenvalue weighted by Gasteiger charge is 2.53. The maximum atomic E-state index is 11.8. The molecule has 3 rings (SSSR count). The van der Waals surface area contributed by atoms with Crippen LogP contribution in [0.4, 0.5) is 0 Å². The van der Waals surface area contributed by atoms with E-state index >= 15 is 0 Å². The Morgan fingerprint density at radius 2 is 2.11 bits per heavy atom. The average molecular weight is 260 g/mol. The van der Waals surface area contributed by atoms with E-state index in [2.05, 4.69) is 0 Å². The van der Waals surface area contributed by atoms with Crippen LogP contribution >= 0.6 is 0 Å². The van der Waals surface area contributed by atoms with Gasteiger partial charge in [0, 0.05) is 6.32 Å². The van der Waals surface area contributed by atoms with Crippen LogP contribution in [0.5, 0.6) is 11.5 Å². The topological polar surface area (TPSA) is 65.0 Å². The molecule has 1 aliphatic heterocycles. The highest BCUT2D eigenvalue weighted by atomic mass is 16.8. The fourth-order valence-electron chi connectivity index (χ4n) is 2.35. The highest BCUT2D eigenvalue weighted by Crippen LogP contribution is 2.52. The van der Waals surface area contributed by atoms with Crippen molar-refractivity contribution in [1.82, 2.24) is 0 Å². The minimum atomic E-state index is -1.82. The monoisotopic (exact) mass is 260 g/mol. The number of fused-ring (bicyclic) bond motifs is 1. The third-order valence-corrected chi connectivity index (χ3v) is 3.62. The van der Waals surface area contributed by atoms with Gasteiger partial charge in [-0.25, -0.2) is 0 Å². The van der Waals surface area contributed by atoms with Crippen molar-refractivity contribution >= 4 is 13.8 Å². The first-order chi connectivity index (χ1) is 9.03. The Labute approximate surface area is 111 Å². The Kier molecular flexibility index (Phi) is 2.54. The Bertz CT molecular complexity index is 540. The van der Waals surface area contributed by atoms with Crippen molar-refractivity contribution in [3.05, 3.63) is 23.8 Å². The molecule has 2 radical (unpaired) electrons. The Morgan fingerprint density at radius 3 is 2.68 bits per heavy atom. The second-order valence-corrected chi connectivity index (χ2v) is 4.86. The van der Waals surface area contributed by atoms with Gasteiger partial charge in [-0.1, -0.05) is 6.07 Å². The number of carbonyl (C=O) groups excluding carboxylic acids is 1. The van der Waals surface area contributed by atoms with Gasteiger partial charge in [0.05, 0.1) is 20.4 Å². The number of ether oxygens (including phenoxy) is 3. The lowest BCUT2D eigenvalue weighted by Crippen LogP contribution is -2.37. The van der Waals surface area contributed by atoms with E-state index in [0.717, 1.165) is 18.4 Å². The van der Waals surface area contributed by atoms with Crippen LogP contribution in [0, 0.1) is 0 Å². The van der Waals surface area contributed by atoms with Crippen LogP contribution in [-0.4, -0.2) is 32.0 Å². The van der Waals surface area contributed by atoms with Gasteiger partial charge in [-0.2, -0.15) is 0 Å². The number of hydrogen-bond donors (Lipinski definition) is 1. The van der Waals surface area contributed by atoms with Crippen LogP contribution in [0.15, 0.2) is 18.2 Å². The first-order valence-corrected chi connectivity index (χ1v) is 6.06. The first-order valence-electron chi connectivity index (χ1n) is 6.06. The van der Waals surface area contributed by atoms with Gasteiger partial charge in [0.25, 0.3) is 0 Å². The standard InChI is InChI=1S/C13H13BO5/c1-17-11(15)12(4-5-12)8-2-3-9-10(6-8)19-13(16,7-14)18-9/h2-3,6,16H,4-5,7H2,1H3. The van der Waals surface area contributed by atoms with Gasteiger partial charge in [-0.3, -0.25) is 4.79 Å². The summed E-state index contributed by atoms with van der Waals surface area (Å²) in [5.74, 6) is -1.26. The van der Waals surface area contributed by atoms with Crippen molar-refractivity contribution in [1.29, 1.82) is 0 Å². The lowest BCUT2D eigenvalue weighted by molar-refractivity contribution is -0.234. The van der Waals surface area contributed by atoms with E-state index in [4.69, 9.17) is 22.1 Å². The molecule has 19 heavy (non-hydrogen) atoms. The molecule has 0 bridgehead atoms. The number of hydrogen-bond acceptors (Lipinski definition) is 5. The number of methoxy groups -OCH3 is 1. The zero-order chi connectivity index (χ0) is 13.7. The normalized spacial score (nSPS) is 26.0. The molecule has 1 heterocycles. The van der Waals surface area contributed by atoms with Gasteiger partial charge in [0.1, 0.15) is 0 Å². The number of benzene rings is 1. The molecule has 1 atom stereocenters. The van der Waals surface area contributed by atoms with E-state index in [-0.39, 0.29) is 12.3 Å². The van der Waals surface area contributed by atoms with Crippen LogP contribution in [0.25, 0.3) is 0 Å². The van der Waals surface area contributed by atoms with E-state index < -0.39 is 11.4 Å². The van der Waals surface area contributed by atoms with Gasteiger partial charge in [-0.15, -0.1) is 0 Å². The van der Waals surface area contributed by atoms with Crippen LogP contribution in [0.1, 0.15) is 18.4 Å². The van der Waals surface area contributed by atoms with E-state index in [1.807, 2.05) is 0 Å². The number of carbonyl (C=O) groups is 1. The summed E-state index contributed by atoms with van der Waals surface area (Å²) in [7, 11) is 6.76. The van der Waals surface area contributed by atoms with E-state index in [1.54, 1.807) is 18.2 Å². The number of rotatable bonds is 3. The number of aliphatic hydroxyl groups is 1. The van der Waals surface area contributed by atoms with Crippen LogP contribution in [0.3, 0.4) is 0 Å². The highest BCUT2D eigenvalue weighted by molar-refractivity contribution is 6.09. The van der Waals surface area contributed by atoms with Gasteiger partial charge in [0.15, 0.2) is 11.5 Å². The minimum Gasteiger partial charge on any atom is -0.468 e. The van der Waals surface area contributed by atoms with Crippen molar-refractivity contribution < 1.29 is 24.1 Å². The average Bonchev–Trinajstić information content (AvgIpc) is 3.15. The third kappa shape index (κ3) is 1.78. The molecular weight excluding hydrogens is 247 g/mol. The zero-order valence-corrected chi connectivity index (χ0v) is 10.5. The summed E-state index contributed by atoms with van der Waals surface area (Å²) < 4.78 is 15.3. The molecule has 98 valence electrons. The molecule has 0 aromatic heterocycles. The molecule has 1 aromatic carbocycles. The summed E-state index contributed by atoms with van der Waals surface area (Å²) in [6, 6.07) is 5.16. The second kappa shape index (κ2) is 3.90. The lowest BCUT2D eigenvalue weighted by Gasteiger charge is -2.18. The fraction of sp³-hybridized carbons (Fsp3) is 0.462. The SMILES string of the molecule is [B]CC1(O)Oc2ccc(C3(C(=O)OC)CC3)cc2O1. The molecule has 0 saturated heterocycles. The molecular formula is C13H13BO5. The summed E-state index contributed by atoms with van der Waals surface area (Å²) in [4.78, 5) is 11.8. The predicted molar refractivity (Wildman–Crippen MR) is 66.1 cm³/mol.